The molecule has 0 fully saturated rings. The Hall–Kier alpha value is -2.38. The molecule has 0 bridgehead atoms. The average Bonchev–Trinajstić information content (AvgIpc) is 3.02. The largest absolute Gasteiger partial charge is 0.483 e. The summed E-state index contributed by atoms with van der Waals surface area (Å²) in [5.41, 5.74) is 2.20. The summed E-state index contributed by atoms with van der Waals surface area (Å²) in [7, 11) is 1.64. The van der Waals surface area contributed by atoms with Gasteiger partial charge in [0.15, 0.2) is 6.61 Å². The normalized spacial score (nSPS) is 10.9. The second kappa shape index (κ2) is 7.47. The average molecular weight is 392 g/mol. The van der Waals surface area contributed by atoms with Crippen LogP contribution in [-0.2, 0) is 11.3 Å². The van der Waals surface area contributed by atoms with Crippen LogP contribution in [-0.4, -0.2) is 34.4 Å². The Kier molecular flexibility index (Phi) is 5.29. The number of ether oxygens (including phenoxy) is 1. The molecule has 1 aromatic carbocycles. The van der Waals surface area contributed by atoms with Crippen molar-refractivity contribution in [2.75, 3.05) is 13.7 Å². The van der Waals surface area contributed by atoms with Gasteiger partial charge in [0, 0.05) is 12.1 Å². The van der Waals surface area contributed by atoms with Gasteiger partial charge in [-0.2, -0.15) is 0 Å². The lowest BCUT2D eigenvalue weighted by atomic mass is 10.1. The van der Waals surface area contributed by atoms with E-state index in [2.05, 4.69) is 9.97 Å². The van der Waals surface area contributed by atoms with E-state index in [1.54, 1.807) is 25.2 Å². The van der Waals surface area contributed by atoms with E-state index in [4.69, 9.17) is 16.3 Å². The summed E-state index contributed by atoms with van der Waals surface area (Å²) in [6.07, 6.45) is 0. The van der Waals surface area contributed by atoms with E-state index in [1.807, 2.05) is 19.2 Å². The van der Waals surface area contributed by atoms with Gasteiger partial charge in [-0.25, -0.2) is 4.98 Å². The first-order valence-electron chi connectivity index (χ1n) is 7.95. The molecule has 0 radical (unpaired) electrons. The highest BCUT2D eigenvalue weighted by atomic mass is 35.5. The van der Waals surface area contributed by atoms with Gasteiger partial charge in [-0.1, -0.05) is 11.6 Å². The number of amides is 1. The minimum atomic E-state index is -0.216. The molecule has 1 amide bonds. The monoisotopic (exact) mass is 391 g/mol. The molecule has 0 saturated heterocycles. The number of aryl methyl sites for hydroxylation is 2. The predicted octanol–water partition coefficient (Wildman–Crippen LogP) is 3.29. The van der Waals surface area contributed by atoms with Crippen LogP contribution in [0.1, 0.15) is 17.0 Å². The van der Waals surface area contributed by atoms with Gasteiger partial charge >= 0.3 is 0 Å². The highest BCUT2D eigenvalue weighted by Gasteiger charge is 2.14. The first kappa shape index (κ1) is 18.4. The maximum atomic E-state index is 12.4. The smallest absolute Gasteiger partial charge is 0.268 e. The van der Waals surface area contributed by atoms with E-state index < -0.39 is 0 Å². The minimum absolute atomic E-state index is 0.106. The third kappa shape index (κ3) is 3.89. The number of nitrogens with zero attached hydrogens (tertiary/aromatic N) is 2. The van der Waals surface area contributed by atoms with Crippen molar-refractivity contribution in [1.29, 1.82) is 0 Å². The van der Waals surface area contributed by atoms with Gasteiger partial charge in [-0.15, -0.1) is 11.3 Å². The Balaban J connectivity index is 1.67. The van der Waals surface area contributed by atoms with Crippen LogP contribution in [0.5, 0.6) is 5.75 Å². The van der Waals surface area contributed by atoms with E-state index >= 15 is 0 Å². The van der Waals surface area contributed by atoms with Crippen LogP contribution in [0, 0.1) is 13.8 Å². The maximum absolute atomic E-state index is 12.4. The van der Waals surface area contributed by atoms with Gasteiger partial charge in [0.2, 0.25) is 0 Å². The predicted molar refractivity (Wildman–Crippen MR) is 103 cm³/mol. The van der Waals surface area contributed by atoms with Crippen LogP contribution < -0.4 is 10.3 Å². The molecule has 136 valence electrons. The van der Waals surface area contributed by atoms with Gasteiger partial charge in [-0.3, -0.25) is 9.59 Å². The topological polar surface area (TPSA) is 75.3 Å². The standard InChI is InChI=1S/C18H18ClN3O3S/c1-10-6-12(19)7-11(2)16(10)25-9-15(23)22(3)8-14-20-13-4-5-26-17(13)18(24)21-14/h4-7H,8-9H2,1-3H3,(H,20,21,24). The van der Waals surface area contributed by atoms with Gasteiger partial charge in [-0.05, 0) is 48.6 Å². The van der Waals surface area contributed by atoms with Crippen molar-refractivity contribution >= 4 is 39.1 Å². The molecule has 8 heteroatoms. The number of aromatic nitrogens is 2. The molecule has 3 rings (SSSR count). The van der Waals surface area contributed by atoms with Crippen molar-refractivity contribution < 1.29 is 9.53 Å². The fourth-order valence-electron chi connectivity index (χ4n) is 2.68. The number of nitrogens with one attached hydrogen (secondary N) is 1. The first-order valence-corrected chi connectivity index (χ1v) is 9.21. The number of hydrogen-bond acceptors (Lipinski definition) is 5. The lowest BCUT2D eigenvalue weighted by Gasteiger charge is -2.18. The molecule has 0 aliphatic carbocycles. The van der Waals surface area contributed by atoms with E-state index in [-0.39, 0.29) is 24.6 Å². The van der Waals surface area contributed by atoms with Crippen LogP contribution in [0.4, 0.5) is 0 Å². The molecular formula is C18H18ClN3O3S. The highest BCUT2D eigenvalue weighted by molar-refractivity contribution is 7.17. The number of benzene rings is 1. The SMILES string of the molecule is Cc1cc(Cl)cc(C)c1OCC(=O)N(C)Cc1nc2ccsc2c(=O)[nH]1. The van der Waals surface area contributed by atoms with E-state index in [0.29, 0.717) is 26.8 Å². The van der Waals surface area contributed by atoms with Gasteiger partial charge in [0.1, 0.15) is 16.3 Å². The Labute approximate surface area is 159 Å². The van der Waals surface area contributed by atoms with Gasteiger partial charge in [0.25, 0.3) is 11.5 Å². The number of halogens is 1. The minimum Gasteiger partial charge on any atom is -0.483 e. The quantitative estimate of drug-likeness (QED) is 0.724. The number of carbonyl (C=O) groups is 1. The van der Waals surface area contributed by atoms with E-state index in [9.17, 15) is 9.59 Å². The molecule has 0 atom stereocenters. The zero-order chi connectivity index (χ0) is 18.8. The highest BCUT2D eigenvalue weighted by Crippen LogP contribution is 2.27. The molecule has 0 aliphatic rings. The number of rotatable bonds is 5. The third-order valence-corrected chi connectivity index (χ3v) is 5.06. The van der Waals surface area contributed by atoms with E-state index in [1.165, 1.54) is 16.2 Å². The molecule has 6 nitrogen and oxygen atoms in total. The third-order valence-electron chi connectivity index (χ3n) is 3.94. The number of likely N-dealkylation sites (N-methyl/N-ethyl adjacent to an activating group) is 1. The number of carbonyl (C=O) groups excluding carboxylic acids is 1. The zero-order valence-corrected chi connectivity index (χ0v) is 16.2. The zero-order valence-electron chi connectivity index (χ0n) is 14.6. The van der Waals surface area contributed by atoms with Crippen molar-refractivity contribution in [2.24, 2.45) is 0 Å². The van der Waals surface area contributed by atoms with Crippen molar-refractivity contribution in [3.05, 3.63) is 55.9 Å². The summed E-state index contributed by atoms with van der Waals surface area (Å²) in [4.78, 5) is 32.9. The number of hydrogen-bond donors (Lipinski definition) is 1. The van der Waals surface area contributed by atoms with Crippen LogP contribution in [0.3, 0.4) is 0 Å². The second-order valence-corrected chi connectivity index (χ2v) is 7.41. The fourth-order valence-corrected chi connectivity index (χ4v) is 3.73. The van der Waals surface area contributed by atoms with Crippen LogP contribution >= 0.6 is 22.9 Å². The fraction of sp³-hybridized carbons (Fsp3) is 0.278. The summed E-state index contributed by atoms with van der Waals surface area (Å²) >= 11 is 7.35. The van der Waals surface area contributed by atoms with Crippen molar-refractivity contribution in [1.82, 2.24) is 14.9 Å². The number of thiophene rings is 1. The molecule has 0 unspecified atom stereocenters. The van der Waals surface area contributed by atoms with Crippen LogP contribution in [0.25, 0.3) is 10.2 Å². The lowest BCUT2D eigenvalue weighted by Crippen LogP contribution is -2.32. The van der Waals surface area contributed by atoms with Crippen molar-refractivity contribution in [2.45, 2.75) is 20.4 Å². The Morgan fingerprint density at radius 1 is 1.35 bits per heavy atom. The molecule has 0 saturated carbocycles. The summed E-state index contributed by atoms with van der Waals surface area (Å²) < 4.78 is 6.27. The van der Waals surface area contributed by atoms with Crippen molar-refractivity contribution in [3.63, 3.8) is 0 Å². The van der Waals surface area contributed by atoms with Crippen LogP contribution in [0.2, 0.25) is 5.02 Å². The molecule has 3 aromatic rings. The Morgan fingerprint density at radius 2 is 2.04 bits per heavy atom. The van der Waals surface area contributed by atoms with Crippen molar-refractivity contribution in [3.8, 4) is 5.75 Å². The molecule has 2 heterocycles. The Bertz CT molecular complexity index is 1000. The molecular weight excluding hydrogens is 374 g/mol. The summed E-state index contributed by atoms with van der Waals surface area (Å²) in [6, 6.07) is 5.38. The number of H-pyrrole nitrogens is 1. The molecule has 0 spiro atoms. The van der Waals surface area contributed by atoms with Gasteiger partial charge < -0.3 is 14.6 Å². The maximum Gasteiger partial charge on any atom is 0.268 e. The summed E-state index contributed by atoms with van der Waals surface area (Å²) in [5.74, 6) is 0.879. The van der Waals surface area contributed by atoms with Crippen LogP contribution in [0.15, 0.2) is 28.4 Å². The summed E-state index contributed by atoms with van der Waals surface area (Å²) in [6.45, 7) is 3.85. The molecule has 2 aromatic heterocycles. The second-order valence-electron chi connectivity index (χ2n) is 6.05. The summed E-state index contributed by atoms with van der Waals surface area (Å²) in [5, 5.41) is 2.45. The Morgan fingerprint density at radius 3 is 2.73 bits per heavy atom. The van der Waals surface area contributed by atoms with Gasteiger partial charge in [0.05, 0.1) is 12.1 Å². The number of aromatic amines is 1. The molecule has 0 aliphatic heterocycles. The molecule has 1 N–H and O–H groups in total. The lowest BCUT2D eigenvalue weighted by molar-refractivity contribution is -0.132. The number of fused-ring (bicyclic) bond motifs is 1. The first-order chi connectivity index (χ1) is 12.3. The molecule has 26 heavy (non-hydrogen) atoms. The van der Waals surface area contributed by atoms with E-state index in [0.717, 1.165) is 11.1 Å².